The second-order valence-corrected chi connectivity index (χ2v) is 3.09. The first-order valence-electron chi connectivity index (χ1n) is 2.93. The van der Waals surface area contributed by atoms with Gasteiger partial charge in [0, 0.05) is 22.9 Å². The molecule has 0 spiro atoms. The molecule has 1 rings (SSSR count). The summed E-state index contributed by atoms with van der Waals surface area (Å²) in [6.07, 6.45) is 0. The van der Waals surface area contributed by atoms with Crippen LogP contribution in [0.1, 0.15) is 5.56 Å². The maximum absolute atomic E-state index is 10.6. The molecule has 0 saturated heterocycles. The van der Waals surface area contributed by atoms with Gasteiger partial charge in [-0.05, 0) is 17.6 Å². The molecule has 1 N–H and O–H groups in total. The highest BCUT2D eigenvalue weighted by molar-refractivity contribution is 7.47. The Hall–Kier alpha value is -0.188. The van der Waals surface area contributed by atoms with E-state index in [-0.39, 0.29) is 17.4 Å². The van der Waals surface area contributed by atoms with Crippen LogP contribution >= 0.6 is 8.03 Å². The van der Waals surface area contributed by atoms with E-state index in [1.165, 1.54) is 0 Å². The summed E-state index contributed by atoms with van der Waals surface area (Å²) in [6, 6.07) is 7.08. The molecule has 4 heteroatoms. The summed E-state index contributed by atoms with van der Waals surface area (Å²) in [5, 5.41) is 0.525. The SMILES string of the molecule is Cc1ccccc1[P+](=O)O.[Al]. The molecule has 3 radical (unpaired) electrons. The summed E-state index contributed by atoms with van der Waals surface area (Å²) in [5.41, 5.74) is 0.867. The Labute approximate surface area is 77.3 Å². The molecular formula is C7H8AlO2P+. The fourth-order valence-electron chi connectivity index (χ4n) is 0.778. The number of benzene rings is 1. The van der Waals surface area contributed by atoms with Gasteiger partial charge in [-0.2, -0.15) is 4.89 Å². The molecule has 0 aliphatic carbocycles. The molecule has 11 heavy (non-hydrogen) atoms. The quantitative estimate of drug-likeness (QED) is 0.519. The third-order valence-corrected chi connectivity index (χ3v) is 2.24. The van der Waals surface area contributed by atoms with Gasteiger partial charge in [0.2, 0.25) is 5.30 Å². The van der Waals surface area contributed by atoms with Gasteiger partial charge in [0.15, 0.2) is 0 Å². The Balaban J connectivity index is 0.000001000. The van der Waals surface area contributed by atoms with E-state index in [0.29, 0.717) is 5.30 Å². The van der Waals surface area contributed by atoms with Crippen molar-refractivity contribution in [3.05, 3.63) is 29.8 Å². The lowest BCUT2D eigenvalue weighted by molar-refractivity contribution is 0.513. The van der Waals surface area contributed by atoms with Gasteiger partial charge < -0.3 is 0 Å². The van der Waals surface area contributed by atoms with E-state index in [4.69, 9.17) is 4.89 Å². The molecular weight excluding hydrogens is 174 g/mol. The van der Waals surface area contributed by atoms with Crippen LogP contribution in [-0.4, -0.2) is 22.3 Å². The van der Waals surface area contributed by atoms with Gasteiger partial charge in [-0.15, -0.1) is 0 Å². The number of aryl methyl sites for hydroxylation is 1. The highest BCUT2D eigenvalue weighted by Crippen LogP contribution is 2.14. The normalized spacial score (nSPS) is 10.2. The predicted molar refractivity (Wildman–Crippen MR) is 46.4 cm³/mol. The molecule has 0 aliphatic heterocycles. The van der Waals surface area contributed by atoms with Gasteiger partial charge in [-0.1, -0.05) is 18.2 Å². The third-order valence-electron chi connectivity index (χ3n) is 1.32. The first kappa shape index (κ1) is 10.8. The van der Waals surface area contributed by atoms with E-state index in [1.807, 2.05) is 19.1 Å². The van der Waals surface area contributed by atoms with E-state index in [1.54, 1.807) is 12.1 Å². The van der Waals surface area contributed by atoms with Crippen LogP contribution in [-0.2, 0) is 4.57 Å². The first-order valence-corrected chi connectivity index (χ1v) is 4.15. The highest BCUT2D eigenvalue weighted by Gasteiger charge is 2.17. The monoisotopic (exact) mass is 182 g/mol. The van der Waals surface area contributed by atoms with E-state index in [9.17, 15) is 4.57 Å². The topological polar surface area (TPSA) is 37.3 Å². The summed E-state index contributed by atoms with van der Waals surface area (Å²) in [5.74, 6) is 0. The molecule has 0 bridgehead atoms. The Bertz CT molecular complexity index is 262. The molecule has 0 aromatic heterocycles. The van der Waals surface area contributed by atoms with Crippen molar-refractivity contribution in [1.29, 1.82) is 0 Å². The average molecular weight is 182 g/mol. The van der Waals surface area contributed by atoms with Crippen LogP contribution < -0.4 is 5.30 Å². The van der Waals surface area contributed by atoms with E-state index >= 15 is 0 Å². The van der Waals surface area contributed by atoms with Crippen LogP contribution in [0.3, 0.4) is 0 Å². The van der Waals surface area contributed by atoms with Crippen molar-refractivity contribution in [3.8, 4) is 0 Å². The molecule has 0 amide bonds. The second-order valence-electron chi connectivity index (χ2n) is 2.06. The lowest BCUT2D eigenvalue weighted by Crippen LogP contribution is -1.99. The Kier molecular flexibility index (Phi) is 4.56. The third kappa shape index (κ3) is 2.73. The summed E-state index contributed by atoms with van der Waals surface area (Å²) in [6.45, 7) is 1.82. The van der Waals surface area contributed by atoms with Gasteiger partial charge in [0.05, 0.1) is 0 Å². The fraction of sp³-hybridized carbons (Fsp3) is 0.143. The fourth-order valence-corrected chi connectivity index (χ4v) is 1.37. The van der Waals surface area contributed by atoms with Crippen molar-refractivity contribution in [1.82, 2.24) is 0 Å². The van der Waals surface area contributed by atoms with E-state index in [2.05, 4.69) is 0 Å². The zero-order valence-corrected chi connectivity index (χ0v) is 8.24. The minimum Gasteiger partial charge on any atom is -0.156 e. The average Bonchev–Trinajstić information content (AvgIpc) is 1.88. The summed E-state index contributed by atoms with van der Waals surface area (Å²) < 4.78 is 10.6. The van der Waals surface area contributed by atoms with Crippen LogP contribution in [0, 0.1) is 6.92 Å². The van der Waals surface area contributed by atoms with Gasteiger partial charge in [0.25, 0.3) is 0 Å². The van der Waals surface area contributed by atoms with Crippen molar-refractivity contribution in [2.45, 2.75) is 6.92 Å². The Morgan fingerprint density at radius 1 is 1.36 bits per heavy atom. The largest absolute Gasteiger partial charge is 0.546 e. The molecule has 1 atom stereocenters. The van der Waals surface area contributed by atoms with Crippen molar-refractivity contribution in [2.24, 2.45) is 0 Å². The molecule has 2 nitrogen and oxygen atoms in total. The van der Waals surface area contributed by atoms with Crippen LogP contribution in [0.25, 0.3) is 0 Å². The van der Waals surface area contributed by atoms with Gasteiger partial charge in [0.1, 0.15) is 0 Å². The van der Waals surface area contributed by atoms with Gasteiger partial charge in [-0.3, -0.25) is 0 Å². The zero-order chi connectivity index (χ0) is 7.56. The van der Waals surface area contributed by atoms with Gasteiger partial charge >= 0.3 is 8.03 Å². The number of rotatable bonds is 1. The van der Waals surface area contributed by atoms with E-state index < -0.39 is 8.03 Å². The molecule has 0 saturated carbocycles. The molecule has 0 fully saturated rings. The lowest BCUT2D eigenvalue weighted by atomic mass is 10.2. The van der Waals surface area contributed by atoms with Crippen molar-refractivity contribution < 1.29 is 9.46 Å². The molecule has 55 valence electrons. The predicted octanol–water partition coefficient (Wildman–Crippen LogP) is 0.974. The standard InChI is InChI=1S/C7H7O2P.Al/c1-6-4-2-3-5-7(6)10(8)9;/h2-5H,1H3;/p+1. The Morgan fingerprint density at radius 3 is 2.27 bits per heavy atom. The van der Waals surface area contributed by atoms with Crippen molar-refractivity contribution >= 4 is 30.7 Å². The lowest BCUT2D eigenvalue weighted by Gasteiger charge is -1.87. The summed E-state index contributed by atoms with van der Waals surface area (Å²) >= 11 is 0. The van der Waals surface area contributed by atoms with Crippen LogP contribution in [0.5, 0.6) is 0 Å². The first-order chi connectivity index (χ1) is 4.72. The van der Waals surface area contributed by atoms with Crippen LogP contribution in [0.2, 0.25) is 0 Å². The van der Waals surface area contributed by atoms with Crippen LogP contribution in [0.15, 0.2) is 24.3 Å². The van der Waals surface area contributed by atoms with Gasteiger partial charge in [-0.25, -0.2) is 0 Å². The van der Waals surface area contributed by atoms with Crippen molar-refractivity contribution in [3.63, 3.8) is 0 Å². The van der Waals surface area contributed by atoms with Crippen molar-refractivity contribution in [2.75, 3.05) is 0 Å². The molecule has 1 aromatic rings. The van der Waals surface area contributed by atoms with Crippen LogP contribution in [0.4, 0.5) is 0 Å². The summed E-state index contributed by atoms with van der Waals surface area (Å²) in [7, 11) is -2.17. The minimum atomic E-state index is -2.17. The zero-order valence-electron chi connectivity index (χ0n) is 6.19. The Morgan fingerprint density at radius 2 is 1.91 bits per heavy atom. The molecule has 1 aromatic carbocycles. The maximum atomic E-state index is 10.6. The molecule has 0 heterocycles. The number of hydrogen-bond donors (Lipinski definition) is 1. The molecule has 1 unspecified atom stereocenters. The smallest absolute Gasteiger partial charge is 0.156 e. The minimum absolute atomic E-state index is 0. The highest BCUT2D eigenvalue weighted by atomic mass is 31.1. The van der Waals surface area contributed by atoms with E-state index in [0.717, 1.165) is 5.56 Å². The summed E-state index contributed by atoms with van der Waals surface area (Å²) in [4.78, 5) is 8.71. The maximum Gasteiger partial charge on any atom is 0.546 e. The number of hydrogen-bond acceptors (Lipinski definition) is 1. The molecule has 0 aliphatic rings. The second kappa shape index (κ2) is 4.64.